The third kappa shape index (κ3) is 3.81. The molecule has 106 valence electrons. The maximum absolute atomic E-state index is 13.1. The number of hydrogen-bond donors (Lipinski definition) is 2. The van der Waals surface area contributed by atoms with Gasteiger partial charge in [-0.3, -0.25) is 4.79 Å². The van der Waals surface area contributed by atoms with Crippen molar-refractivity contribution in [1.29, 1.82) is 0 Å². The quantitative estimate of drug-likeness (QED) is 0.850. The van der Waals surface area contributed by atoms with E-state index in [4.69, 9.17) is 4.74 Å². The van der Waals surface area contributed by atoms with Gasteiger partial charge in [0.25, 0.3) is 5.91 Å². The van der Waals surface area contributed by atoms with Crippen molar-refractivity contribution in [2.24, 2.45) is 0 Å². The first kappa shape index (κ1) is 14.0. The molecule has 0 unspecified atom stereocenters. The average Bonchev–Trinajstić information content (AvgIpc) is 2.97. The number of ether oxygens (including phenoxy) is 1. The Morgan fingerprint density at radius 3 is 3.05 bits per heavy atom. The molecule has 5 nitrogen and oxygen atoms in total. The van der Waals surface area contributed by atoms with Gasteiger partial charge in [0.1, 0.15) is 23.4 Å². The van der Waals surface area contributed by atoms with Crippen molar-refractivity contribution >= 4 is 5.91 Å². The summed E-state index contributed by atoms with van der Waals surface area (Å²) in [7, 11) is 0. The lowest BCUT2D eigenvalue weighted by atomic mass is 10.2. The second kappa shape index (κ2) is 6.70. The van der Waals surface area contributed by atoms with Crippen LogP contribution in [0.1, 0.15) is 23.8 Å². The van der Waals surface area contributed by atoms with Crippen molar-refractivity contribution in [1.82, 2.24) is 15.3 Å². The number of hydrogen-bond acceptors (Lipinski definition) is 3. The summed E-state index contributed by atoms with van der Waals surface area (Å²) in [6.45, 7) is 2.27. The molecular formula is C14H16FN3O2. The van der Waals surface area contributed by atoms with Crippen LogP contribution in [0.3, 0.4) is 0 Å². The van der Waals surface area contributed by atoms with Gasteiger partial charge in [0.05, 0.1) is 19.1 Å². The molecule has 0 spiro atoms. The summed E-state index contributed by atoms with van der Waals surface area (Å²) in [6, 6.07) is 5.94. The van der Waals surface area contributed by atoms with Crippen LogP contribution in [0.2, 0.25) is 0 Å². The van der Waals surface area contributed by atoms with Crippen LogP contribution in [0.4, 0.5) is 4.39 Å². The molecule has 0 saturated heterocycles. The molecule has 6 heteroatoms. The number of aromatic nitrogens is 2. The zero-order chi connectivity index (χ0) is 14.4. The Morgan fingerprint density at radius 2 is 2.40 bits per heavy atom. The molecule has 1 amide bonds. The molecule has 0 bridgehead atoms. The van der Waals surface area contributed by atoms with Crippen molar-refractivity contribution in [3.63, 3.8) is 0 Å². The molecule has 2 N–H and O–H groups in total. The van der Waals surface area contributed by atoms with E-state index in [2.05, 4.69) is 15.3 Å². The summed E-state index contributed by atoms with van der Waals surface area (Å²) < 4.78 is 18.7. The minimum absolute atomic E-state index is 0.219. The number of carbonyl (C=O) groups excluding carboxylic acids is 1. The van der Waals surface area contributed by atoms with E-state index < -0.39 is 0 Å². The third-order valence-electron chi connectivity index (χ3n) is 2.79. The van der Waals surface area contributed by atoms with Gasteiger partial charge in [-0.2, -0.15) is 0 Å². The Bertz CT molecular complexity index is 557. The molecule has 2 aromatic rings. The van der Waals surface area contributed by atoms with Gasteiger partial charge in [-0.25, -0.2) is 9.37 Å². The first-order valence-corrected chi connectivity index (χ1v) is 6.38. The Morgan fingerprint density at radius 1 is 1.55 bits per heavy atom. The summed E-state index contributed by atoms with van der Waals surface area (Å²) in [5.74, 6) is -0.143. The lowest BCUT2D eigenvalue weighted by Crippen LogP contribution is -2.35. The summed E-state index contributed by atoms with van der Waals surface area (Å²) in [4.78, 5) is 18.2. The molecule has 0 fully saturated rings. The average molecular weight is 277 g/mol. The first-order chi connectivity index (χ1) is 9.69. The number of nitrogens with zero attached hydrogens (tertiary/aromatic N) is 1. The van der Waals surface area contributed by atoms with Gasteiger partial charge in [0, 0.05) is 6.07 Å². The molecule has 1 heterocycles. The van der Waals surface area contributed by atoms with Crippen LogP contribution in [0.25, 0.3) is 0 Å². The Balaban J connectivity index is 1.88. The van der Waals surface area contributed by atoms with E-state index in [0.29, 0.717) is 24.4 Å². The number of nitrogens with one attached hydrogen (secondary N) is 2. The number of H-pyrrole nitrogens is 1. The SMILES string of the molecule is CC[C@H](CNC(=O)c1cnc[nH]1)Oc1cccc(F)c1. The van der Waals surface area contributed by atoms with Crippen molar-refractivity contribution in [3.8, 4) is 5.75 Å². The number of imidazole rings is 1. The lowest BCUT2D eigenvalue weighted by Gasteiger charge is -2.18. The highest BCUT2D eigenvalue weighted by molar-refractivity contribution is 5.91. The van der Waals surface area contributed by atoms with E-state index in [0.717, 1.165) is 0 Å². The predicted molar refractivity (Wildman–Crippen MR) is 72.0 cm³/mol. The molecule has 0 aliphatic rings. The topological polar surface area (TPSA) is 67.0 Å². The zero-order valence-corrected chi connectivity index (χ0v) is 11.1. The lowest BCUT2D eigenvalue weighted by molar-refractivity contribution is 0.0921. The second-order valence-corrected chi connectivity index (χ2v) is 4.28. The maximum atomic E-state index is 13.1. The van der Waals surface area contributed by atoms with Gasteiger partial charge in [0.2, 0.25) is 0 Å². The van der Waals surface area contributed by atoms with Crippen LogP contribution in [-0.4, -0.2) is 28.5 Å². The van der Waals surface area contributed by atoms with Crippen LogP contribution < -0.4 is 10.1 Å². The first-order valence-electron chi connectivity index (χ1n) is 6.38. The number of rotatable bonds is 6. The standard InChI is InChI=1S/C14H16FN3O2/c1-2-11(20-12-5-3-4-10(15)6-12)7-17-14(19)13-8-16-9-18-13/h3-6,8-9,11H,2,7H2,1H3,(H,16,18)(H,17,19)/t11-/m1/s1. The van der Waals surface area contributed by atoms with E-state index in [1.807, 2.05) is 6.92 Å². The van der Waals surface area contributed by atoms with Crippen molar-refractivity contribution < 1.29 is 13.9 Å². The normalized spacial score (nSPS) is 11.9. The number of amides is 1. The fourth-order valence-electron chi connectivity index (χ4n) is 1.68. The number of benzene rings is 1. The zero-order valence-electron chi connectivity index (χ0n) is 11.1. The Hall–Kier alpha value is -2.37. The molecule has 2 rings (SSSR count). The Labute approximate surface area is 116 Å². The number of aromatic amines is 1. The van der Waals surface area contributed by atoms with Gasteiger partial charge < -0.3 is 15.0 Å². The monoisotopic (exact) mass is 277 g/mol. The molecule has 0 aliphatic heterocycles. The highest BCUT2D eigenvalue weighted by atomic mass is 19.1. The summed E-state index contributed by atoms with van der Waals surface area (Å²) >= 11 is 0. The van der Waals surface area contributed by atoms with Gasteiger partial charge >= 0.3 is 0 Å². The van der Waals surface area contributed by atoms with Gasteiger partial charge in [-0.1, -0.05) is 13.0 Å². The fraction of sp³-hybridized carbons (Fsp3) is 0.286. The van der Waals surface area contributed by atoms with E-state index in [-0.39, 0.29) is 17.8 Å². The van der Waals surface area contributed by atoms with E-state index in [1.54, 1.807) is 12.1 Å². The van der Waals surface area contributed by atoms with Gasteiger partial charge in [-0.05, 0) is 18.6 Å². The molecular weight excluding hydrogens is 261 g/mol. The molecule has 1 atom stereocenters. The predicted octanol–water partition coefficient (Wildman–Crippen LogP) is 2.14. The van der Waals surface area contributed by atoms with Gasteiger partial charge in [-0.15, -0.1) is 0 Å². The van der Waals surface area contributed by atoms with Crippen molar-refractivity contribution in [3.05, 3.63) is 48.3 Å². The van der Waals surface area contributed by atoms with Crippen LogP contribution in [0.15, 0.2) is 36.8 Å². The van der Waals surface area contributed by atoms with E-state index in [1.165, 1.54) is 24.7 Å². The molecule has 0 saturated carbocycles. The molecule has 0 radical (unpaired) electrons. The minimum atomic E-state index is -0.348. The highest BCUT2D eigenvalue weighted by Gasteiger charge is 2.12. The number of halogens is 1. The summed E-state index contributed by atoms with van der Waals surface area (Å²) in [5.41, 5.74) is 0.394. The number of carbonyl (C=O) groups is 1. The molecule has 1 aromatic heterocycles. The fourth-order valence-corrected chi connectivity index (χ4v) is 1.68. The molecule has 20 heavy (non-hydrogen) atoms. The van der Waals surface area contributed by atoms with Crippen LogP contribution >= 0.6 is 0 Å². The molecule has 1 aromatic carbocycles. The van der Waals surface area contributed by atoms with Crippen LogP contribution in [0, 0.1) is 5.82 Å². The summed E-state index contributed by atoms with van der Waals surface area (Å²) in [6.07, 6.45) is 3.36. The summed E-state index contributed by atoms with van der Waals surface area (Å²) in [5, 5.41) is 2.74. The maximum Gasteiger partial charge on any atom is 0.269 e. The smallest absolute Gasteiger partial charge is 0.269 e. The van der Waals surface area contributed by atoms with Gasteiger partial charge in [0.15, 0.2) is 0 Å². The third-order valence-corrected chi connectivity index (χ3v) is 2.79. The van der Waals surface area contributed by atoms with Crippen LogP contribution in [0.5, 0.6) is 5.75 Å². The highest BCUT2D eigenvalue weighted by Crippen LogP contribution is 2.14. The Kier molecular flexibility index (Phi) is 4.70. The minimum Gasteiger partial charge on any atom is -0.489 e. The largest absolute Gasteiger partial charge is 0.489 e. The van der Waals surface area contributed by atoms with Crippen molar-refractivity contribution in [2.75, 3.05) is 6.54 Å². The van der Waals surface area contributed by atoms with E-state index in [9.17, 15) is 9.18 Å². The second-order valence-electron chi connectivity index (χ2n) is 4.28. The molecule has 0 aliphatic carbocycles. The van der Waals surface area contributed by atoms with Crippen molar-refractivity contribution in [2.45, 2.75) is 19.4 Å². The van der Waals surface area contributed by atoms with E-state index >= 15 is 0 Å². The van der Waals surface area contributed by atoms with Crippen LogP contribution in [-0.2, 0) is 0 Å².